The maximum atomic E-state index is 14.0. The van der Waals surface area contributed by atoms with Gasteiger partial charge in [-0.05, 0) is 49.3 Å². The number of likely N-dealkylation sites (tertiary alicyclic amines) is 1. The van der Waals surface area contributed by atoms with Crippen molar-refractivity contribution in [1.29, 1.82) is 0 Å². The third-order valence-corrected chi connectivity index (χ3v) is 6.89. The van der Waals surface area contributed by atoms with Crippen LogP contribution in [-0.2, 0) is 4.79 Å². The summed E-state index contributed by atoms with van der Waals surface area (Å²) < 4.78 is 27.1. The fourth-order valence-electron chi connectivity index (χ4n) is 5.05. The average Bonchev–Trinajstić information content (AvgIpc) is 2.83. The highest BCUT2D eigenvalue weighted by atomic mass is 19.1. The van der Waals surface area contributed by atoms with Crippen LogP contribution in [0.1, 0.15) is 66.9 Å². The maximum Gasteiger partial charge on any atom is 0.256 e. The summed E-state index contributed by atoms with van der Waals surface area (Å²) in [5.74, 6) is -1.71. The van der Waals surface area contributed by atoms with E-state index >= 15 is 0 Å². The second kappa shape index (κ2) is 10.2. The van der Waals surface area contributed by atoms with Crippen molar-refractivity contribution in [2.24, 2.45) is 11.8 Å². The summed E-state index contributed by atoms with van der Waals surface area (Å²) in [4.78, 5) is 27.3. The van der Waals surface area contributed by atoms with E-state index in [4.69, 9.17) is 0 Å². The first-order chi connectivity index (χ1) is 15.5. The van der Waals surface area contributed by atoms with Crippen molar-refractivity contribution in [2.45, 2.75) is 51.0 Å². The van der Waals surface area contributed by atoms with Crippen LogP contribution in [0, 0.1) is 23.5 Å². The molecule has 1 atom stereocenters. The van der Waals surface area contributed by atoms with Crippen LogP contribution < -0.4 is 5.32 Å². The number of carbonyl (C=O) groups excluding carboxylic acids is 2. The summed E-state index contributed by atoms with van der Waals surface area (Å²) >= 11 is 0. The van der Waals surface area contributed by atoms with E-state index in [2.05, 4.69) is 17.4 Å². The maximum absolute atomic E-state index is 14.0. The SMILES string of the molecule is O=C(NC(c1ccccc1)C1CCCCC1)C1CCN(C(=O)c2ccc(F)cc2F)CC1. The van der Waals surface area contributed by atoms with Gasteiger partial charge in [0.15, 0.2) is 0 Å². The first-order valence-electron chi connectivity index (χ1n) is 11.6. The summed E-state index contributed by atoms with van der Waals surface area (Å²) in [7, 11) is 0. The molecule has 2 aliphatic rings. The molecule has 1 heterocycles. The van der Waals surface area contributed by atoms with Crippen LogP contribution in [0.5, 0.6) is 0 Å². The predicted molar refractivity (Wildman–Crippen MR) is 119 cm³/mol. The lowest BCUT2D eigenvalue weighted by atomic mass is 9.80. The summed E-state index contributed by atoms with van der Waals surface area (Å²) in [6, 6.07) is 13.2. The van der Waals surface area contributed by atoms with Gasteiger partial charge >= 0.3 is 0 Å². The number of rotatable bonds is 5. The lowest BCUT2D eigenvalue weighted by molar-refractivity contribution is -0.127. The molecule has 1 aliphatic carbocycles. The summed E-state index contributed by atoms with van der Waals surface area (Å²) in [6.07, 6.45) is 6.97. The Labute approximate surface area is 188 Å². The molecule has 2 amide bonds. The molecule has 1 aliphatic heterocycles. The summed E-state index contributed by atoms with van der Waals surface area (Å²) in [5, 5.41) is 3.32. The third kappa shape index (κ3) is 5.17. The third-order valence-electron chi connectivity index (χ3n) is 6.89. The zero-order valence-electron chi connectivity index (χ0n) is 18.2. The largest absolute Gasteiger partial charge is 0.349 e. The molecule has 0 spiro atoms. The number of halogens is 2. The quantitative estimate of drug-likeness (QED) is 0.690. The van der Waals surface area contributed by atoms with Gasteiger partial charge in [-0.1, -0.05) is 49.6 Å². The van der Waals surface area contributed by atoms with Crippen molar-refractivity contribution >= 4 is 11.8 Å². The highest BCUT2D eigenvalue weighted by Crippen LogP contribution is 2.35. The molecule has 1 unspecified atom stereocenters. The van der Waals surface area contributed by atoms with Crippen LogP contribution in [-0.4, -0.2) is 29.8 Å². The molecule has 4 rings (SSSR count). The molecule has 6 heteroatoms. The van der Waals surface area contributed by atoms with E-state index in [1.165, 1.54) is 25.3 Å². The van der Waals surface area contributed by atoms with Crippen molar-refractivity contribution in [2.75, 3.05) is 13.1 Å². The molecule has 1 saturated heterocycles. The minimum Gasteiger partial charge on any atom is -0.349 e. The van der Waals surface area contributed by atoms with E-state index in [-0.39, 0.29) is 23.4 Å². The molecule has 1 N–H and O–H groups in total. The molecular weight excluding hydrogens is 410 g/mol. The van der Waals surface area contributed by atoms with Crippen molar-refractivity contribution in [1.82, 2.24) is 10.2 Å². The van der Waals surface area contributed by atoms with E-state index in [0.717, 1.165) is 30.5 Å². The molecule has 4 nitrogen and oxygen atoms in total. The van der Waals surface area contributed by atoms with E-state index in [9.17, 15) is 18.4 Å². The van der Waals surface area contributed by atoms with Gasteiger partial charge in [0.05, 0.1) is 11.6 Å². The fourth-order valence-corrected chi connectivity index (χ4v) is 5.05. The van der Waals surface area contributed by atoms with Crippen molar-refractivity contribution in [3.63, 3.8) is 0 Å². The summed E-state index contributed by atoms with van der Waals surface area (Å²) in [6.45, 7) is 0.764. The molecule has 2 fully saturated rings. The minimum absolute atomic E-state index is 0.0111. The van der Waals surface area contributed by atoms with Crippen molar-refractivity contribution in [3.05, 3.63) is 71.3 Å². The Balaban J connectivity index is 1.38. The Hall–Kier alpha value is -2.76. The van der Waals surface area contributed by atoms with Crippen LogP contribution in [0.15, 0.2) is 48.5 Å². The van der Waals surface area contributed by atoms with Gasteiger partial charge in [-0.25, -0.2) is 8.78 Å². The summed E-state index contributed by atoms with van der Waals surface area (Å²) in [5.41, 5.74) is 1.02. The van der Waals surface area contributed by atoms with Gasteiger partial charge in [-0.2, -0.15) is 0 Å². The molecular formula is C26H30F2N2O2. The molecule has 2 aromatic carbocycles. The number of benzene rings is 2. The minimum atomic E-state index is -0.854. The fraction of sp³-hybridized carbons (Fsp3) is 0.462. The zero-order chi connectivity index (χ0) is 22.5. The van der Waals surface area contributed by atoms with E-state index in [1.807, 2.05) is 18.2 Å². The zero-order valence-corrected chi connectivity index (χ0v) is 18.2. The smallest absolute Gasteiger partial charge is 0.256 e. The molecule has 0 bridgehead atoms. The number of hydrogen-bond acceptors (Lipinski definition) is 2. The van der Waals surface area contributed by atoms with E-state index in [1.54, 1.807) is 4.90 Å². The molecule has 0 radical (unpaired) electrons. The Kier molecular flexibility index (Phi) is 7.18. The first kappa shape index (κ1) is 22.4. The lowest BCUT2D eigenvalue weighted by Gasteiger charge is -2.35. The predicted octanol–water partition coefficient (Wildman–Crippen LogP) is 5.25. The van der Waals surface area contributed by atoms with Crippen molar-refractivity contribution in [3.8, 4) is 0 Å². The first-order valence-corrected chi connectivity index (χ1v) is 11.6. The van der Waals surface area contributed by atoms with Gasteiger partial charge in [0.25, 0.3) is 5.91 Å². The Morgan fingerprint density at radius 3 is 2.25 bits per heavy atom. The van der Waals surface area contributed by atoms with Crippen LogP contribution in [0.25, 0.3) is 0 Å². The molecule has 170 valence electrons. The number of nitrogens with one attached hydrogen (secondary N) is 1. The van der Waals surface area contributed by atoms with Crippen LogP contribution in [0.4, 0.5) is 8.78 Å². The van der Waals surface area contributed by atoms with Gasteiger partial charge in [0, 0.05) is 25.1 Å². The Morgan fingerprint density at radius 2 is 1.59 bits per heavy atom. The van der Waals surface area contributed by atoms with Crippen LogP contribution >= 0.6 is 0 Å². The second-order valence-electron chi connectivity index (χ2n) is 8.99. The monoisotopic (exact) mass is 440 g/mol. The molecule has 2 aromatic rings. The lowest BCUT2D eigenvalue weighted by Crippen LogP contribution is -2.45. The van der Waals surface area contributed by atoms with Gasteiger partial charge in [-0.15, -0.1) is 0 Å². The molecule has 1 saturated carbocycles. The average molecular weight is 441 g/mol. The van der Waals surface area contributed by atoms with Crippen LogP contribution in [0.3, 0.4) is 0 Å². The van der Waals surface area contributed by atoms with Gasteiger partial charge < -0.3 is 10.2 Å². The Bertz CT molecular complexity index is 936. The van der Waals surface area contributed by atoms with Crippen molar-refractivity contribution < 1.29 is 18.4 Å². The molecule has 0 aromatic heterocycles. The van der Waals surface area contributed by atoms with E-state index in [0.29, 0.717) is 31.8 Å². The topological polar surface area (TPSA) is 49.4 Å². The number of carbonyl (C=O) groups is 2. The van der Waals surface area contributed by atoms with Gasteiger partial charge in [0.2, 0.25) is 5.91 Å². The van der Waals surface area contributed by atoms with Crippen LogP contribution in [0.2, 0.25) is 0 Å². The number of nitrogens with zero attached hydrogens (tertiary/aromatic N) is 1. The van der Waals surface area contributed by atoms with Gasteiger partial charge in [0.1, 0.15) is 11.6 Å². The standard InChI is InChI=1S/C26H30F2N2O2/c27-21-11-12-22(23(28)17-21)26(32)30-15-13-20(14-16-30)25(31)29-24(18-7-3-1-4-8-18)19-9-5-2-6-10-19/h1,3-4,7-8,11-12,17,19-20,24H,2,5-6,9-10,13-16H2,(H,29,31). The molecule has 32 heavy (non-hydrogen) atoms. The normalized spacial score (nSPS) is 18.9. The van der Waals surface area contributed by atoms with Gasteiger partial charge in [-0.3, -0.25) is 9.59 Å². The highest BCUT2D eigenvalue weighted by Gasteiger charge is 2.32. The second-order valence-corrected chi connectivity index (χ2v) is 8.99. The van der Waals surface area contributed by atoms with E-state index < -0.39 is 17.5 Å². The Morgan fingerprint density at radius 1 is 0.906 bits per heavy atom. The number of amides is 2. The highest BCUT2D eigenvalue weighted by molar-refractivity contribution is 5.94. The number of hydrogen-bond donors (Lipinski definition) is 1. The number of piperidine rings is 1.